The van der Waals surface area contributed by atoms with E-state index < -0.39 is 0 Å². The molecule has 0 unspecified atom stereocenters. The Labute approximate surface area is 107 Å². The molecule has 0 aromatic heterocycles. The van der Waals surface area contributed by atoms with Gasteiger partial charge in [-0.1, -0.05) is 18.2 Å². The van der Waals surface area contributed by atoms with E-state index in [4.69, 9.17) is 4.74 Å². The summed E-state index contributed by atoms with van der Waals surface area (Å²) in [5.41, 5.74) is 1.07. The minimum Gasteiger partial charge on any atom is -0.507 e. The van der Waals surface area contributed by atoms with Crippen LogP contribution in [0, 0.1) is 0 Å². The number of ether oxygens (including phenoxy) is 1. The Hall–Kier alpha value is -1.68. The van der Waals surface area contributed by atoms with Gasteiger partial charge in [0.15, 0.2) is 0 Å². The van der Waals surface area contributed by atoms with Crippen LogP contribution in [-0.4, -0.2) is 17.3 Å². The number of benzene rings is 2. The van der Waals surface area contributed by atoms with Gasteiger partial charge in [0.05, 0.1) is 17.1 Å². The van der Waals surface area contributed by atoms with Crippen LogP contribution in [0.15, 0.2) is 40.9 Å². The fraction of sp³-hybridized carbons (Fsp3) is 0.0769. The average molecular weight is 295 g/mol. The molecule has 0 radical (unpaired) electrons. The lowest BCUT2D eigenvalue weighted by Crippen LogP contribution is -1.88. The van der Waals surface area contributed by atoms with E-state index in [0.717, 1.165) is 0 Å². The minimum atomic E-state index is 0.0268. The van der Waals surface area contributed by atoms with Crippen LogP contribution in [-0.2, 0) is 0 Å². The Kier molecular flexibility index (Phi) is 3.24. The van der Waals surface area contributed by atoms with Gasteiger partial charge in [-0.05, 0) is 34.1 Å². The molecule has 0 spiro atoms. The monoisotopic (exact) mass is 294 g/mol. The largest absolute Gasteiger partial charge is 0.507 e. The minimum absolute atomic E-state index is 0.0268. The normalized spacial score (nSPS) is 10.2. The van der Waals surface area contributed by atoms with E-state index in [9.17, 15) is 10.2 Å². The van der Waals surface area contributed by atoms with Crippen molar-refractivity contribution in [1.29, 1.82) is 0 Å². The molecule has 0 aliphatic heterocycles. The lowest BCUT2D eigenvalue weighted by molar-refractivity contribution is 0.412. The maximum atomic E-state index is 9.81. The topological polar surface area (TPSA) is 49.7 Å². The molecule has 17 heavy (non-hydrogen) atoms. The first-order chi connectivity index (χ1) is 8.15. The third-order valence-corrected chi connectivity index (χ3v) is 3.29. The Morgan fingerprint density at radius 1 is 1.00 bits per heavy atom. The number of hydrogen-bond donors (Lipinski definition) is 2. The van der Waals surface area contributed by atoms with Gasteiger partial charge >= 0.3 is 0 Å². The van der Waals surface area contributed by atoms with E-state index in [2.05, 4.69) is 15.9 Å². The molecule has 0 bridgehead atoms. The van der Waals surface area contributed by atoms with Gasteiger partial charge in [-0.3, -0.25) is 0 Å². The average Bonchev–Trinajstić information content (AvgIpc) is 2.31. The first-order valence-electron chi connectivity index (χ1n) is 4.99. The van der Waals surface area contributed by atoms with Crippen LogP contribution in [0.25, 0.3) is 11.1 Å². The lowest BCUT2D eigenvalue weighted by Gasteiger charge is -2.11. The van der Waals surface area contributed by atoms with Gasteiger partial charge in [0.1, 0.15) is 17.2 Å². The van der Waals surface area contributed by atoms with Crippen molar-refractivity contribution in [2.45, 2.75) is 0 Å². The molecule has 2 aromatic carbocycles. The van der Waals surface area contributed by atoms with Crippen molar-refractivity contribution in [3.8, 4) is 28.4 Å². The summed E-state index contributed by atoms with van der Waals surface area (Å²) in [7, 11) is 1.56. The summed E-state index contributed by atoms with van der Waals surface area (Å²) < 4.78 is 5.87. The van der Waals surface area contributed by atoms with Gasteiger partial charge in [0.25, 0.3) is 0 Å². The zero-order chi connectivity index (χ0) is 12.4. The van der Waals surface area contributed by atoms with Crippen LogP contribution in [0.2, 0.25) is 0 Å². The molecule has 0 atom stereocenters. The van der Waals surface area contributed by atoms with Crippen molar-refractivity contribution in [3.05, 3.63) is 40.9 Å². The van der Waals surface area contributed by atoms with Crippen LogP contribution in [0.1, 0.15) is 0 Å². The maximum Gasteiger partial charge on any atom is 0.133 e. The molecule has 0 saturated heterocycles. The van der Waals surface area contributed by atoms with Crippen molar-refractivity contribution in [1.82, 2.24) is 0 Å². The van der Waals surface area contributed by atoms with E-state index in [-0.39, 0.29) is 11.5 Å². The van der Waals surface area contributed by atoms with Crippen LogP contribution < -0.4 is 4.74 Å². The second kappa shape index (κ2) is 4.67. The van der Waals surface area contributed by atoms with Crippen molar-refractivity contribution in [2.75, 3.05) is 7.11 Å². The molecule has 2 N–H and O–H groups in total. The van der Waals surface area contributed by atoms with Crippen molar-refractivity contribution in [3.63, 3.8) is 0 Å². The highest BCUT2D eigenvalue weighted by Gasteiger charge is 2.14. The standard InChI is InChI=1S/C13H11BrO3/c1-17-11-7-2-4-8(13(11)14)12-9(15)5-3-6-10(12)16/h2-7,15-16H,1H3. The number of halogens is 1. The Balaban J connectivity index is 2.69. The van der Waals surface area contributed by atoms with Crippen molar-refractivity contribution < 1.29 is 14.9 Å². The first-order valence-corrected chi connectivity index (χ1v) is 5.78. The fourth-order valence-electron chi connectivity index (χ4n) is 1.67. The number of methoxy groups -OCH3 is 1. The van der Waals surface area contributed by atoms with E-state index in [0.29, 0.717) is 21.3 Å². The van der Waals surface area contributed by atoms with Gasteiger partial charge in [0, 0.05) is 5.56 Å². The molecule has 88 valence electrons. The quantitative estimate of drug-likeness (QED) is 0.891. The second-order valence-corrected chi connectivity index (χ2v) is 4.29. The lowest BCUT2D eigenvalue weighted by atomic mass is 10.0. The summed E-state index contributed by atoms with van der Waals surface area (Å²) in [4.78, 5) is 0. The summed E-state index contributed by atoms with van der Waals surface area (Å²) in [6.45, 7) is 0. The highest BCUT2D eigenvalue weighted by molar-refractivity contribution is 9.10. The van der Waals surface area contributed by atoms with Crippen molar-refractivity contribution in [2.24, 2.45) is 0 Å². The number of aromatic hydroxyl groups is 2. The molecule has 2 aromatic rings. The Bertz CT molecular complexity index is 532. The number of phenolic OH excluding ortho intramolecular Hbond substituents is 2. The van der Waals surface area contributed by atoms with Gasteiger partial charge in [0.2, 0.25) is 0 Å². The molecule has 0 aliphatic carbocycles. The summed E-state index contributed by atoms with van der Waals surface area (Å²) in [5.74, 6) is 0.697. The molecule has 0 saturated carbocycles. The smallest absolute Gasteiger partial charge is 0.133 e. The fourth-order valence-corrected chi connectivity index (χ4v) is 2.29. The summed E-state index contributed by atoms with van der Waals surface area (Å²) in [5, 5.41) is 19.6. The molecule has 4 heteroatoms. The number of rotatable bonds is 2. The SMILES string of the molecule is COc1cccc(-c2c(O)cccc2O)c1Br. The van der Waals surface area contributed by atoms with E-state index >= 15 is 0 Å². The van der Waals surface area contributed by atoms with Crippen molar-refractivity contribution >= 4 is 15.9 Å². The van der Waals surface area contributed by atoms with Crippen LogP contribution in [0.5, 0.6) is 17.2 Å². The number of hydrogen-bond acceptors (Lipinski definition) is 3. The molecule has 0 aliphatic rings. The van der Waals surface area contributed by atoms with Crippen LogP contribution >= 0.6 is 15.9 Å². The third-order valence-electron chi connectivity index (χ3n) is 2.47. The predicted octanol–water partition coefficient (Wildman–Crippen LogP) is 3.54. The van der Waals surface area contributed by atoms with Gasteiger partial charge in [-0.2, -0.15) is 0 Å². The first kappa shape index (κ1) is 11.8. The van der Waals surface area contributed by atoms with E-state index in [1.807, 2.05) is 0 Å². The molecule has 0 heterocycles. The van der Waals surface area contributed by atoms with E-state index in [1.54, 1.807) is 31.4 Å². The summed E-state index contributed by atoms with van der Waals surface area (Å²) in [6, 6.07) is 10.0. The summed E-state index contributed by atoms with van der Waals surface area (Å²) >= 11 is 3.40. The van der Waals surface area contributed by atoms with Gasteiger partial charge in [-0.15, -0.1) is 0 Å². The molecule has 0 fully saturated rings. The number of phenols is 2. The van der Waals surface area contributed by atoms with Gasteiger partial charge < -0.3 is 14.9 Å². The molecule has 3 nitrogen and oxygen atoms in total. The molecule has 0 amide bonds. The Morgan fingerprint density at radius 3 is 2.18 bits per heavy atom. The highest BCUT2D eigenvalue weighted by Crippen LogP contribution is 2.43. The second-order valence-electron chi connectivity index (χ2n) is 3.49. The molecule has 2 rings (SSSR count). The maximum absolute atomic E-state index is 9.81. The molecular formula is C13H11BrO3. The van der Waals surface area contributed by atoms with Crippen LogP contribution in [0.3, 0.4) is 0 Å². The zero-order valence-corrected chi connectivity index (χ0v) is 10.7. The summed E-state index contributed by atoms with van der Waals surface area (Å²) in [6.07, 6.45) is 0. The van der Waals surface area contributed by atoms with Gasteiger partial charge in [-0.25, -0.2) is 0 Å². The van der Waals surface area contributed by atoms with Crippen LogP contribution in [0.4, 0.5) is 0 Å². The Morgan fingerprint density at radius 2 is 1.59 bits per heavy atom. The third kappa shape index (κ3) is 2.08. The zero-order valence-electron chi connectivity index (χ0n) is 9.14. The molecular weight excluding hydrogens is 284 g/mol. The van der Waals surface area contributed by atoms with E-state index in [1.165, 1.54) is 12.1 Å². The highest BCUT2D eigenvalue weighted by atomic mass is 79.9. The predicted molar refractivity (Wildman–Crippen MR) is 69.5 cm³/mol.